The number of guanidine groups is 1. The fraction of sp³-hybridized carbons (Fsp3) is 0.450. The van der Waals surface area contributed by atoms with E-state index in [2.05, 4.69) is 69.2 Å². The summed E-state index contributed by atoms with van der Waals surface area (Å²) in [5.74, 6) is 0.834. The van der Waals surface area contributed by atoms with E-state index in [1.165, 1.54) is 16.0 Å². The third-order valence-electron chi connectivity index (χ3n) is 4.63. The quantitative estimate of drug-likeness (QED) is 0.363. The SMILES string of the molecule is CN=C(NCc1ccc(C)cc1)NCC(c1cccs1)N1CCOCC1.I. The number of thiophene rings is 1. The van der Waals surface area contributed by atoms with Gasteiger partial charge in [-0.05, 0) is 23.9 Å². The van der Waals surface area contributed by atoms with E-state index in [9.17, 15) is 0 Å². The van der Waals surface area contributed by atoms with Gasteiger partial charge in [0.05, 0.1) is 19.3 Å². The summed E-state index contributed by atoms with van der Waals surface area (Å²) in [5.41, 5.74) is 2.53. The van der Waals surface area contributed by atoms with Crippen molar-refractivity contribution in [3.05, 3.63) is 57.8 Å². The van der Waals surface area contributed by atoms with Gasteiger partial charge in [-0.2, -0.15) is 0 Å². The minimum absolute atomic E-state index is 0. The second-order valence-corrected chi connectivity index (χ2v) is 7.45. The normalized spacial score (nSPS) is 16.4. The van der Waals surface area contributed by atoms with E-state index in [-0.39, 0.29) is 24.0 Å². The van der Waals surface area contributed by atoms with Gasteiger partial charge in [0.25, 0.3) is 0 Å². The Kier molecular flexibility index (Phi) is 9.53. The van der Waals surface area contributed by atoms with E-state index in [4.69, 9.17) is 4.74 Å². The van der Waals surface area contributed by atoms with Crippen molar-refractivity contribution in [1.29, 1.82) is 0 Å². The Morgan fingerprint density at radius 1 is 1.19 bits per heavy atom. The zero-order valence-corrected chi connectivity index (χ0v) is 19.1. The summed E-state index contributed by atoms with van der Waals surface area (Å²) in [6.07, 6.45) is 0. The van der Waals surface area contributed by atoms with Crippen LogP contribution in [0.2, 0.25) is 0 Å². The first-order chi connectivity index (χ1) is 12.8. The van der Waals surface area contributed by atoms with Crippen molar-refractivity contribution in [2.75, 3.05) is 39.9 Å². The second kappa shape index (κ2) is 11.6. The number of nitrogens with one attached hydrogen (secondary N) is 2. The standard InChI is InChI=1S/C20H28N4OS.HI/c1-16-5-7-17(8-6-16)14-22-20(21-2)23-15-18(19-4-3-13-26-19)24-9-11-25-12-10-24;/h3-8,13,18H,9-12,14-15H2,1-2H3,(H2,21,22,23);1H. The number of aliphatic imine (C=N–C) groups is 1. The van der Waals surface area contributed by atoms with Crippen LogP contribution in [0, 0.1) is 6.92 Å². The molecule has 0 bridgehead atoms. The molecule has 1 aliphatic rings. The molecule has 0 spiro atoms. The highest BCUT2D eigenvalue weighted by molar-refractivity contribution is 14.0. The number of hydrogen-bond donors (Lipinski definition) is 2. The molecule has 148 valence electrons. The van der Waals surface area contributed by atoms with Gasteiger partial charge in [-0.25, -0.2) is 0 Å². The van der Waals surface area contributed by atoms with E-state index in [0.717, 1.165) is 45.4 Å². The average molecular weight is 500 g/mol. The molecule has 1 aliphatic heterocycles. The molecule has 1 aromatic carbocycles. The Bertz CT molecular complexity index is 685. The molecule has 0 saturated carbocycles. The van der Waals surface area contributed by atoms with Gasteiger partial charge in [0, 0.05) is 38.1 Å². The van der Waals surface area contributed by atoms with E-state index < -0.39 is 0 Å². The van der Waals surface area contributed by atoms with Gasteiger partial charge in [0.2, 0.25) is 0 Å². The van der Waals surface area contributed by atoms with Crippen molar-refractivity contribution >= 4 is 41.3 Å². The lowest BCUT2D eigenvalue weighted by molar-refractivity contribution is 0.0177. The zero-order chi connectivity index (χ0) is 18.2. The Morgan fingerprint density at radius 3 is 2.56 bits per heavy atom. The maximum absolute atomic E-state index is 5.52. The lowest BCUT2D eigenvalue weighted by atomic mass is 10.1. The number of nitrogens with zero attached hydrogens (tertiary/aromatic N) is 2. The highest BCUT2D eigenvalue weighted by Crippen LogP contribution is 2.25. The molecule has 2 N–H and O–H groups in total. The second-order valence-electron chi connectivity index (χ2n) is 6.47. The molecule has 5 nitrogen and oxygen atoms in total. The Morgan fingerprint density at radius 2 is 1.93 bits per heavy atom. The summed E-state index contributed by atoms with van der Waals surface area (Å²) < 4.78 is 5.52. The first kappa shape index (κ1) is 22.1. The first-order valence-electron chi connectivity index (χ1n) is 9.11. The van der Waals surface area contributed by atoms with Crippen LogP contribution in [0.15, 0.2) is 46.8 Å². The number of aryl methyl sites for hydroxylation is 1. The lowest BCUT2D eigenvalue weighted by Gasteiger charge is -2.34. The summed E-state index contributed by atoms with van der Waals surface area (Å²) in [6, 6.07) is 13.3. The van der Waals surface area contributed by atoms with Crippen molar-refractivity contribution in [3.8, 4) is 0 Å². The lowest BCUT2D eigenvalue weighted by Crippen LogP contribution is -2.46. The van der Waals surface area contributed by atoms with Gasteiger partial charge in [0.1, 0.15) is 0 Å². The van der Waals surface area contributed by atoms with Crippen molar-refractivity contribution in [1.82, 2.24) is 15.5 Å². The van der Waals surface area contributed by atoms with Gasteiger partial charge in [-0.15, -0.1) is 35.3 Å². The fourth-order valence-corrected chi connectivity index (χ4v) is 3.95. The topological polar surface area (TPSA) is 48.9 Å². The van der Waals surface area contributed by atoms with Crippen molar-refractivity contribution in [2.45, 2.75) is 19.5 Å². The molecule has 1 fully saturated rings. The summed E-state index contributed by atoms with van der Waals surface area (Å²) in [4.78, 5) is 8.25. The zero-order valence-electron chi connectivity index (χ0n) is 16.0. The van der Waals surface area contributed by atoms with Crippen LogP contribution >= 0.6 is 35.3 Å². The van der Waals surface area contributed by atoms with Crippen LogP contribution in [0.25, 0.3) is 0 Å². The van der Waals surface area contributed by atoms with Crippen molar-refractivity contribution < 1.29 is 4.74 Å². The molecule has 1 aromatic heterocycles. The third-order valence-corrected chi connectivity index (χ3v) is 5.60. The maximum Gasteiger partial charge on any atom is 0.191 e. The summed E-state index contributed by atoms with van der Waals surface area (Å²) in [5, 5.41) is 9.05. The highest BCUT2D eigenvalue weighted by atomic mass is 127. The van der Waals surface area contributed by atoms with E-state index in [1.807, 2.05) is 18.4 Å². The Hall–Kier alpha value is -1.16. The van der Waals surface area contributed by atoms with E-state index in [1.54, 1.807) is 0 Å². The molecular weight excluding hydrogens is 471 g/mol. The van der Waals surface area contributed by atoms with Crippen molar-refractivity contribution in [2.24, 2.45) is 4.99 Å². The monoisotopic (exact) mass is 500 g/mol. The third kappa shape index (κ3) is 6.74. The van der Waals surface area contributed by atoms with E-state index in [0.29, 0.717) is 6.04 Å². The van der Waals surface area contributed by atoms with Crippen molar-refractivity contribution in [3.63, 3.8) is 0 Å². The van der Waals surface area contributed by atoms with E-state index >= 15 is 0 Å². The predicted octanol–water partition coefficient (Wildman–Crippen LogP) is 3.41. The van der Waals surface area contributed by atoms with Crippen LogP contribution in [0.1, 0.15) is 22.0 Å². The molecule has 2 heterocycles. The van der Waals surface area contributed by atoms with Gasteiger partial charge < -0.3 is 15.4 Å². The molecule has 27 heavy (non-hydrogen) atoms. The van der Waals surface area contributed by atoms with Gasteiger partial charge >= 0.3 is 0 Å². The number of hydrogen-bond acceptors (Lipinski definition) is 4. The molecule has 1 saturated heterocycles. The average Bonchev–Trinajstić information content (AvgIpc) is 3.21. The summed E-state index contributed by atoms with van der Waals surface area (Å²) in [6.45, 7) is 7.26. The van der Waals surface area contributed by atoms with Crippen LogP contribution in [0.3, 0.4) is 0 Å². The van der Waals surface area contributed by atoms with Crippen LogP contribution < -0.4 is 10.6 Å². The Balaban J connectivity index is 0.00000261. The Labute approximate surface area is 183 Å². The minimum Gasteiger partial charge on any atom is -0.379 e. The molecule has 0 radical (unpaired) electrons. The first-order valence-corrected chi connectivity index (χ1v) is 9.99. The minimum atomic E-state index is 0. The van der Waals surface area contributed by atoms with Gasteiger partial charge in [-0.3, -0.25) is 9.89 Å². The van der Waals surface area contributed by atoms with Crippen LogP contribution in [-0.2, 0) is 11.3 Å². The molecule has 1 unspecified atom stereocenters. The molecule has 2 aromatic rings. The molecule has 1 atom stereocenters. The maximum atomic E-state index is 5.52. The highest BCUT2D eigenvalue weighted by Gasteiger charge is 2.23. The number of morpholine rings is 1. The molecular formula is C20H29IN4OS. The fourth-order valence-electron chi connectivity index (χ4n) is 3.09. The van der Waals surface area contributed by atoms with Gasteiger partial charge in [0.15, 0.2) is 5.96 Å². The van der Waals surface area contributed by atoms with Crippen LogP contribution in [0.4, 0.5) is 0 Å². The summed E-state index contributed by atoms with van der Waals surface area (Å²) in [7, 11) is 1.82. The smallest absolute Gasteiger partial charge is 0.191 e. The number of ether oxygens (including phenoxy) is 1. The summed E-state index contributed by atoms with van der Waals surface area (Å²) >= 11 is 1.81. The number of rotatable bonds is 6. The largest absolute Gasteiger partial charge is 0.379 e. The van der Waals surface area contributed by atoms with Crippen LogP contribution in [0.5, 0.6) is 0 Å². The molecule has 0 aliphatic carbocycles. The predicted molar refractivity (Wildman–Crippen MR) is 124 cm³/mol. The molecule has 0 amide bonds. The van der Waals surface area contributed by atoms with Gasteiger partial charge in [-0.1, -0.05) is 35.9 Å². The molecule has 7 heteroatoms. The van der Waals surface area contributed by atoms with Crippen LogP contribution in [-0.4, -0.2) is 50.8 Å². The number of benzene rings is 1. The number of halogens is 1. The molecule has 3 rings (SSSR count).